The summed E-state index contributed by atoms with van der Waals surface area (Å²) in [6, 6.07) is 10.8. The number of amides is 1. The normalized spacial score (nSPS) is 10.2. The number of nitrogens with two attached hydrogens (primary N) is 1. The van der Waals surface area contributed by atoms with Gasteiger partial charge >= 0.3 is 0 Å². The van der Waals surface area contributed by atoms with Gasteiger partial charge in [-0.3, -0.25) is 4.79 Å². The molecule has 2 aromatic rings. The molecule has 3 N–H and O–H groups in total. The SMILES string of the molecule is NC(=O)c1ccc(NCc2ccc(I)o2)cc1. The first-order valence-corrected chi connectivity index (χ1v) is 6.11. The second kappa shape index (κ2) is 5.22. The van der Waals surface area contributed by atoms with Crippen molar-refractivity contribution in [2.75, 3.05) is 5.32 Å². The summed E-state index contributed by atoms with van der Waals surface area (Å²) in [6.07, 6.45) is 0. The van der Waals surface area contributed by atoms with Crippen LogP contribution in [0, 0.1) is 3.77 Å². The molecule has 17 heavy (non-hydrogen) atoms. The number of hydrogen-bond acceptors (Lipinski definition) is 3. The summed E-state index contributed by atoms with van der Waals surface area (Å²) >= 11 is 2.12. The summed E-state index contributed by atoms with van der Waals surface area (Å²) in [5.74, 6) is 0.450. The lowest BCUT2D eigenvalue weighted by molar-refractivity contribution is 0.100. The van der Waals surface area contributed by atoms with Crippen LogP contribution < -0.4 is 11.1 Å². The molecule has 2 rings (SSSR count). The Balaban J connectivity index is 1.97. The van der Waals surface area contributed by atoms with Crippen LogP contribution in [-0.2, 0) is 6.54 Å². The van der Waals surface area contributed by atoms with E-state index in [1.165, 1.54) is 0 Å². The average molecular weight is 342 g/mol. The molecule has 0 spiro atoms. The van der Waals surface area contributed by atoms with Gasteiger partial charge in [0.15, 0.2) is 3.77 Å². The lowest BCUT2D eigenvalue weighted by atomic mass is 10.2. The smallest absolute Gasteiger partial charge is 0.248 e. The fourth-order valence-electron chi connectivity index (χ4n) is 1.39. The Morgan fingerprint density at radius 1 is 1.24 bits per heavy atom. The van der Waals surface area contributed by atoms with Crippen molar-refractivity contribution in [1.29, 1.82) is 0 Å². The maximum absolute atomic E-state index is 10.9. The van der Waals surface area contributed by atoms with Crippen molar-refractivity contribution in [3.8, 4) is 0 Å². The minimum Gasteiger partial charge on any atom is -0.454 e. The van der Waals surface area contributed by atoms with E-state index in [0.29, 0.717) is 12.1 Å². The Morgan fingerprint density at radius 3 is 2.47 bits per heavy atom. The fraction of sp³-hybridized carbons (Fsp3) is 0.0833. The van der Waals surface area contributed by atoms with Crippen molar-refractivity contribution < 1.29 is 9.21 Å². The average Bonchev–Trinajstić information content (AvgIpc) is 2.73. The molecule has 0 aliphatic carbocycles. The number of halogens is 1. The second-order valence-corrected chi connectivity index (χ2v) is 4.56. The molecule has 4 nitrogen and oxygen atoms in total. The zero-order chi connectivity index (χ0) is 12.3. The van der Waals surface area contributed by atoms with Gasteiger partial charge in [-0.1, -0.05) is 0 Å². The first kappa shape index (κ1) is 12.0. The molecular weight excluding hydrogens is 331 g/mol. The number of carbonyl (C=O) groups is 1. The van der Waals surface area contributed by atoms with Crippen LogP contribution in [0.3, 0.4) is 0 Å². The van der Waals surface area contributed by atoms with E-state index in [4.69, 9.17) is 10.2 Å². The minimum absolute atomic E-state index is 0.419. The highest BCUT2D eigenvalue weighted by atomic mass is 127. The predicted molar refractivity (Wildman–Crippen MR) is 73.7 cm³/mol. The lowest BCUT2D eigenvalue weighted by Gasteiger charge is -2.04. The first-order chi connectivity index (χ1) is 8.15. The van der Waals surface area contributed by atoms with Crippen LogP contribution in [0.5, 0.6) is 0 Å². The molecule has 1 aromatic heterocycles. The molecule has 0 atom stereocenters. The van der Waals surface area contributed by atoms with Gasteiger partial charge in [-0.05, 0) is 59.0 Å². The van der Waals surface area contributed by atoms with Crippen LogP contribution in [-0.4, -0.2) is 5.91 Å². The molecule has 5 heteroatoms. The Bertz CT molecular complexity index is 520. The molecule has 0 radical (unpaired) electrons. The molecule has 1 heterocycles. The zero-order valence-corrected chi connectivity index (χ0v) is 11.1. The van der Waals surface area contributed by atoms with Gasteiger partial charge in [0.1, 0.15) is 5.76 Å². The van der Waals surface area contributed by atoms with Crippen LogP contribution >= 0.6 is 22.6 Å². The molecular formula is C12H11IN2O2. The van der Waals surface area contributed by atoms with Crippen molar-refractivity contribution in [1.82, 2.24) is 0 Å². The Morgan fingerprint density at radius 2 is 1.94 bits per heavy atom. The highest BCUT2D eigenvalue weighted by molar-refractivity contribution is 14.1. The monoisotopic (exact) mass is 342 g/mol. The fourth-order valence-corrected chi connectivity index (χ4v) is 1.85. The zero-order valence-electron chi connectivity index (χ0n) is 8.94. The lowest BCUT2D eigenvalue weighted by Crippen LogP contribution is -2.10. The highest BCUT2D eigenvalue weighted by Crippen LogP contribution is 2.13. The van der Waals surface area contributed by atoms with Crippen LogP contribution in [0.25, 0.3) is 0 Å². The summed E-state index contributed by atoms with van der Waals surface area (Å²) in [6.45, 7) is 0.610. The highest BCUT2D eigenvalue weighted by Gasteiger charge is 2.01. The summed E-state index contributed by atoms with van der Waals surface area (Å²) in [5.41, 5.74) is 6.58. The Labute approximate surface area is 112 Å². The number of benzene rings is 1. The number of anilines is 1. The van der Waals surface area contributed by atoms with Crippen LogP contribution in [0.1, 0.15) is 16.1 Å². The topological polar surface area (TPSA) is 68.3 Å². The van der Waals surface area contributed by atoms with Gasteiger partial charge in [0, 0.05) is 11.3 Å². The predicted octanol–water partition coefficient (Wildman–Crippen LogP) is 2.60. The van der Waals surface area contributed by atoms with Crippen molar-refractivity contribution in [2.45, 2.75) is 6.54 Å². The molecule has 0 saturated carbocycles. The summed E-state index contributed by atoms with van der Waals surface area (Å²) in [5, 5.41) is 3.19. The van der Waals surface area contributed by atoms with Crippen molar-refractivity contribution in [3.05, 3.63) is 51.5 Å². The van der Waals surface area contributed by atoms with Gasteiger partial charge in [-0.25, -0.2) is 0 Å². The van der Waals surface area contributed by atoms with E-state index in [0.717, 1.165) is 15.2 Å². The van der Waals surface area contributed by atoms with Crippen molar-refractivity contribution in [3.63, 3.8) is 0 Å². The molecule has 0 aliphatic heterocycles. The van der Waals surface area contributed by atoms with Gasteiger partial charge < -0.3 is 15.5 Å². The van der Waals surface area contributed by atoms with Crippen LogP contribution in [0.15, 0.2) is 40.8 Å². The standard InChI is InChI=1S/C12H11IN2O2/c13-11-6-5-10(17-11)7-15-9-3-1-8(2-4-9)12(14)16/h1-6,15H,7H2,(H2,14,16). The molecule has 1 amide bonds. The number of rotatable bonds is 4. The third-order valence-electron chi connectivity index (χ3n) is 2.27. The molecule has 0 aliphatic rings. The number of furan rings is 1. The van der Waals surface area contributed by atoms with Gasteiger partial charge in [-0.2, -0.15) is 0 Å². The maximum atomic E-state index is 10.9. The molecule has 0 fully saturated rings. The summed E-state index contributed by atoms with van der Waals surface area (Å²) in [7, 11) is 0. The van der Waals surface area contributed by atoms with Crippen LogP contribution in [0.2, 0.25) is 0 Å². The molecule has 1 aromatic carbocycles. The van der Waals surface area contributed by atoms with Crippen molar-refractivity contribution in [2.24, 2.45) is 5.73 Å². The van der Waals surface area contributed by atoms with E-state index in [1.54, 1.807) is 12.1 Å². The largest absolute Gasteiger partial charge is 0.454 e. The molecule has 0 saturated heterocycles. The Hall–Kier alpha value is -1.50. The van der Waals surface area contributed by atoms with Crippen molar-refractivity contribution >= 4 is 34.2 Å². The summed E-state index contributed by atoms with van der Waals surface area (Å²) in [4.78, 5) is 10.9. The maximum Gasteiger partial charge on any atom is 0.248 e. The third kappa shape index (κ3) is 3.23. The van der Waals surface area contributed by atoms with E-state index in [2.05, 4.69) is 27.9 Å². The first-order valence-electron chi connectivity index (χ1n) is 5.03. The van der Waals surface area contributed by atoms with E-state index in [9.17, 15) is 4.79 Å². The van der Waals surface area contributed by atoms with E-state index >= 15 is 0 Å². The minimum atomic E-state index is -0.419. The van der Waals surface area contributed by atoms with E-state index in [1.807, 2.05) is 24.3 Å². The second-order valence-electron chi connectivity index (χ2n) is 3.50. The number of nitrogens with one attached hydrogen (secondary N) is 1. The van der Waals surface area contributed by atoms with Gasteiger partial charge in [0.2, 0.25) is 5.91 Å². The number of carbonyl (C=O) groups excluding carboxylic acids is 1. The molecule has 0 unspecified atom stereocenters. The van der Waals surface area contributed by atoms with E-state index < -0.39 is 5.91 Å². The number of primary amides is 1. The van der Waals surface area contributed by atoms with E-state index in [-0.39, 0.29) is 0 Å². The Kier molecular flexibility index (Phi) is 3.68. The van der Waals surface area contributed by atoms with Gasteiger partial charge in [0.25, 0.3) is 0 Å². The number of hydrogen-bond donors (Lipinski definition) is 2. The molecule has 88 valence electrons. The third-order valence-corrected chi connectivity index (χ3v) is 2.84. The summed E-state index contributed by atoms with van der Waals surface area (Å²) < 4.78 is 6.28. The quantitative estimate of drug-likeness (QED) is 0.840. The molecule has 0 bridgehead atoms. The van der Waals surface area contributed by atoms with Gasteiger partial charge in [0.05, 0.1) is 6.54 Å². The van der Waals surface area contributed by atoms with Gasteiger partial charge in [-0.15, -0.1) is 0 Å². The van der Waals surface area contributed by atoms with Crippen LogP contribution in [0.4, 0.5) is 5.69 Å².